The van der Waals surface area contributed by atoms with Crippen molar-refractivity contribution in [2.45, 2.75) is 6.10 Å². The number of benzene rings is 2. The first kappa shape index (κ1) is 14.9. The van der Waals surface area contributed by atoms with Gasteiger partial charge < -0.3 is 5.11 Å². The topological polar surface area (TPSA) is 20.2 Å². The fraction of sp³-hybridized carbons (Fsp3) is 0.0769. The molecular formula is C13H6BrF5O. The predicted octanol–water partition coefficient (Wildman–Crippen LogP) is 4.23. The lowest BCUT2D eigenvalue weighted by Gasteiger charge is -2.13. The summed E-state index contributed by atoms with van der Waals surface area (Å²) in [6.45, 7) is 0. The van der Waals surface area contributed by atoms with Crippen LogP contribution in [-0.4, -0.2) is 5.11 Å². The van der Waals surface area contributed by atoms with Crippen molar-refractivity contribution in [2.24, 2.45) is 0 Å². The van der Waals surface area contributed by atoms with Crippen LogP contribution in [0.3, 0.4) is 0 Å². The van der Waals surface area contributed by atoms with Crippen LogP contribution in [0.4, 0.5) is 22.0 Å². The van der Waals surface area contributed by atoms with Gasteiger partial charge >= 0.3 is 0 Å². The Labute approximate surface area is 118 Å². The van der Waals surface area contributed by atoms with Gasteiger partial charge in [0, 0.05) is 5.56 Å². The van der Waals surface area contributed by atoms with E-state index < -0.39 is 46.3 Å². The lowest BCUT2D eigenvalue weighted by molar-refractivity contribution is 0.212. The molecule has 1 N–H and O–H groups in total. The normalized spacial score (nSPS) is 12.6. The minimum absolute atomic E-state index is 0.164. The van der Waals surface area contributed by atoms with E-state index in [9.17, 15) is 27.1 Å². The Bertz CT molecular complexity index is 651. The highest BCUT2D eigenvalue weighted by molar-refractivity contribution is 9.10. The molecule has 0 aliphatic heterocycles. The van der Waals surface area contributed by atoms with Gasteiger partial charge in [0.15, 0.2) is 17.5 Å². The van der Waals surface area contributed by atoms with Gasteiger partial charge in [-0.2, -0.15) is 0 Å². The molecule has 0 aliphatic carbocycles. The van der Waals surface area contributed by atoms with E-state index in [2.05, 4.69) is 15.9 Å². The van der Waals surface area contributed by atoms with Crippen molar-refractivity contribution in [3.8, 4) is 0 Å². The van der Waals surface area contributed by atoms with Crippen LogP contribution in [0.5, 0.6) is 0 Å². The lowest BCUT2D eigenvalue weighted by atomic mass is 10.0. The van der Waals surface area contributed by atoms with Gasteiger partial charge in [-0.25, -0.2) is 22.0 Å². The molecule has 1 unspecified atom stereocenters. The maximum absolute atomic E-state index is 13.6. The van der Waals surface area contributed by atoms with Gasteiger partial charge in [-0.15, -0.1) is 0 Å². The number of halogens is 6. The van der Waals surface area contributed by atoms with Gasteiger partial charge in [-0.1, -0.05) is 0 Å². The van der Waals surface area contributed by atoms with Crippen molar-refractivity contribution in [1.82, 2.24) is 0 Å². The molecule has 0 aliphatic rings. The molecule has 1 atom stereocenters. The second-order valence-corrected chi connectivity index (χ2v) is 4.84. The number of hydrogen-bond acceptors (Lipinski definition) is 1. The summed E-state index contributed by atoms with van der Waals surface area (Å²) in [6.07, 6.45) is -1.83. The van der Waals surface area contributed by atoms with E-state index in [-0.39, 0.29) is 4.47 Å². The third-order valence-electron chi connectivity index (χ3n) is 2.66. The largest absolute Gasteiger partial charge is 0.384 e. The fourth-order valence-corrected chi connectivity index (χ4v) is 1.98. The van der Waals surface area contributed by atoms with Gasteiger partial charge in [-0.05, 0) is 45.8 Å². The highest BCUT2D eigenvalue weighted by Crippen LogP contribution is 2.29. The molecule has 2 aromatic carbocycles. The minimum Gasteiger partial charge on any atom is -0.384 e. The molecule has 0 heterocycles. The van der Waals surface area contributed by atoms with Crippen molar-refractivity contribution in [2.75, 3.05) is 0 Å². The number of hydrogen-bond donors (Lipinski definition) is 1. The van der Waals surface area contributed by atoms with E-state index in [1.165, 1.54) is 0 Å². The number of aliphatic hydroxyl groups excluding tert-OH is 1. The van der Waals surface area contributed by atoms with Crippen LogP contribution in [0, 0.1) is 29.1 Å². The van der Waals surface area contributed by atoms with Crippen molar-refractivity contribution in [1.29, 1.82) is 0 Å². The molecule has 1 nitrogen and oxygen atoms in total. The zero-order valence-corrected chi connectivity index (χ0v) is 11.2. The SMILES string of the molecule is OC(c1cc(F)c(F)c(F)c1)c1cc(F)c(Br)cc1F. The maximum Gasteiger partial charge on any atom is 0.194 e. The third-order valence-corrected chi connectivity index (χ3v) is 3.26. The van der Waals surface area contributed by atoms with Gasteiger partial charge in [0.05, 0.1) is 4.47 Å². The van der Waals surface area contributed by atoms with Crippen LogP contribution < -0.4 is 0 Å². The third kappa shape index (κ3) is 2.69. The minimum atomic E-state index is -1.83. The maximum atomic E-state index is 13.6. The Hall–Kier alpha value is -1.47. The summed E-state index contributed by atoms with van der Waals surface area (Å²) in [4.78, 5) is 0. The van der Waals surface area contributed by atoms with Crippen LogP contribution in [0.1, 0.15) is 17.2 Å². The van der Waals surface area contributed by atoms with Crippen LogP contribution in [0.15, 0.2) is 28.7 Å². The van der Waals surface area contributed by atoms with Crippen LogP contribution in [0.25, 0.3) is 0 Å². The second-order valence-electron chi connectivity index (χ2n) is 3.99. The summed E-state index contributed by atoms with van der Waals surface area (Å²) in [5.74, 6) is -6.60. The molecule has 2 rings (SSSR count). The lowest BCUT2D eigenvalue weighted by Crippen LogP contribution is -2.06. The Kier molecular flexibility index (Phi) is 4.10. The second kappa shape index (κ2) is 5.49. The zero-order valence-electron chi connectivity index (χ0n) is 9.60. The Morgan fingerprint density at radius 2 is 1.35 bits per heavy atom. The van der Waals surface area contributed by atoms with Gasteiger partial charge in [0.1, 0.15) is 17.7 Å². The Morgan fingerprint density at radius 3 is 1.90 bits per heavy atom. The van der Waals surface area contributed by atoms with Crippen molar-refractivity contribution >= 4 is 15.9 Å². The van der Waals surface area contributed by atoms with Crippen molar-refractivity contribution < 1.29 is 27.1 Å². The summed E-state index contributed by atoms with van der Waals surface area (Å²) in [7, 11) is 0. The summed E-state index contributed by atoms with van der Waals surface area (Å²) in [5.41, 5.74) is -0.946. The first-order valence-electron chi connectivity index (χ1n) is 5.28. The molecule has 106 valence electrons. The van der Waals surface area contributed by atoms with E-state index in [1.807, 2.05) is 0 Å². The first-order chi connectivity index (χ1) is 9.31. The number of aliphatic hydroxyl groups is 1. The molecular weight excluding hydrogens is 347 g/mol. The number of rotatable bonds is 2. The van der Waals surface area contributed by atoms with Crippen molar-refractivity contribution in [3.05, 3.63) is 69.0 Å². The van der Waals surface area contributed by atoms with Gasteiger partial charge in [0.25, 0.3) is 0 Å². The molecule has 0 aromatic heterocycles. The zero-order chi connectivity index (χ0) is 15.0. The first-order valence-corrected chi connectivity index (χ1v) is 6.07. The molecule has 0 amide bonds. The van der Waals surface area contributed by atoms with Crippen LogP contribution in [-0.2, 0) is 0 Å². The Balaban J connectivity index is 2.51. The monoisotopic (exact) mass is 352 g/mol. The van der Waals surface area contributed by atoms with Crippen LogP contribution in [0.2, 0.25) is 0 Å². The molecule has 7 heteroatoms. The molecule has 2 aromatic rings. The standard InChI is InChI=1S/C13H6BrF5O/c14-7-4-8(15)6(3-9(7)16)13(20)5-1-10(17)12(19)11(18)2-5/h1-4,13,20H. The molecule has 0 saturated heterocycles. The fourth-order valence-electron chi connectivity index (χ4n) is 1.66. The van der Waals surface area contributed by atoms with E-state index in [4.69, 9.17) is 0 Å². The molecule has 0 spiro atoms. The van der Waals surface area contributed by atoms with E-state index in [0.717, 1.165) is 6.07 Å². The summed E-state index contributed by atoms with van der Waals surface area (Å²) >= 11 is 2.75. The summed E-state index contributed by atoms with van der Waals surface area (Å²) in [5, 5.41) is 9.85. The van der Waals surface area contributed by atoms with E-state index >= 15 is 0 Å². The highest BCUT2D eigenvalue weighted by atomic mass is 79.9. The average Bonchev–Trinajstić information content (AvgIpc) is 2.38. The van der Waals surface area contributed by atoms with Crippen LogP contribution >= 0.6 is 15.9 Å². The molecule has 0 radical (unpaired) electrons. The summed E-state index contributed by atoms with van der Waals surface area (Å²) < 4.78 is 65.7. The molecule has 20 heavy (non-hydrogen) atoms. The van der Waals surface area contributed by atoms with E-state index in [1.54, 1.807) is 0 Å². The Morgan fingerprint density at radius 1 is 0.800 bits per heavy atom. The quantitative estimate of drug-likeness (QED) is 0.487. The van der Waals surface area contributed by atoms with Gasteiger partial charge in [0.2, 0.25) is 0 Å². The molecule has 0 fully saturated rings. The highest BCUT2D eigenvalue weighted by Gasteiger charge is 2.21. The predicted molar refractivity (Wildman–Crippen MR) is 64.4 cm³/mol. The van der Waals surface area contributed by atoms with Crippen molar-refractivity contribution in [3.63, 3.8) is 0 Å². The van der Waals surface area contributed by atoms with Gasteiger partial charge in [-0.3, -0.25) is 0 Å². The van der Waals surface area contributed by atoms with E-state index in [0.29, 0.717) is 18.2 Å². The smallest absolute Gasteiger partial charge is 0.194 e. The summed E-state index contributed by atoms with van der Waals surface area (Å²) in [6, 6.07) is 2.48. The average molecular weight is 353 g/mol. The molecule has 0 saturated carbocycles. The molecule has 0 bridgehead atoms.